The Labute approximate surface area is 146 Å². The van der Waals surface area contributed by atoms with Gasteiger partial charge in [-0.15, -0.1) is 0 Å². The van der Waals surface area contributed by atoms with Gasteiger partial charge in [-0.2, -0.15) is 0 Å². The zero-order valence-corrected chi connectivity index (χ0v) is 14.7. The number of carbonyl (C=O) groups excluding carboxylic acids is 1. The number of nitrogens with one attached hydrogen (secondary N) is 1. The standard InChI is InChI=1S/C18H24N4O3/c1-3-4-6-14-13(2)19-18(20-16(14)23)22-10-8-21(9-11-22)17(24)15-7-5-12-25-15/h5,7,12H,3-4,6,8-11H2,1-2H3,(H,19,20,23). The summed E-state index contributed by atoms with van der Waals surface area (Å²) < 4.78 is 5.17. The first-order chi connectivity index (χ1) is 12.1. The zero-order valence-electron chi connectivity index (χ0n) is 14.7. The number of piperazine rings is 1. The van der Waals surface area contributed by atoms with Crippen molar-refractivity contribution in [1.29, 1.82) is 0 Å². The SMILES string of the molecule is CCCCc1c(C)nc(N2CCN(C(=O)c3ccco3)CC2)[nH]c1=O. The highest BCUT2D eigenvalue weighted by Crippen LogP contribution is 2.14. The van der Waals surface area contributed by atoms with E-state index in [1.165, 1.54) is 6.26 Å². The van der Waals surface area contributed by atoms with Crippen molar-refractivity contribution in [3.8, 4) is 0 Å². The molecule has 7 heteroatoms. The summed E-state index contributed by atoms with van der Waals surface area (Å²) in [6.45, 7) is 6.39. The average Bonchev–Trinajstić information content (AvgIpc) is 3.15. The molecule has 0 spiro atoms. The number of aromatic amines is 1. The van der Waals surface area contributed by atoms with Gasteiger partial charge in [0.1, 0.15) is 0 Å². The first-order valence-electron chi connectivity index (χ1n) is 8.77. The summed E-state index contributed by atoms with van der Waals surface area (Å²) in [5.74, 6) is 0.848. The molecular formula is C18H24N4O3. The van der Waals surface area contributed by atoms with Crippen LogP contribution < -0.4 is 10.5 Å². The third-order valence-corrected chi connectivity index (χ3v) is 4.59. The molecule has 1 fully saturated rings. The molecule has 0 radical (unpaired) electrons. The smallest absolute Gasteiger partial charge is 0.289 e. The molecule has 0 atom stereocenters. The minimum absolute atomic E-state index is 0.0509. The monoisotopic (exact) mass is 344 g/mol. The number of nitrogens with zero attached hydrogens (tertiary/aromatic N) is 3. The first kappa shape index (κ1) is 17.3. The van der Waals surface area contributed by atoms with E-state index in [4.69, 9.17) is 4.42 Å². The van der Waals surface area contributed by atoms with Crippen molar-refractivity contribution in [2.24, 2.45) is 0 Å². The molecule has 134 valence electrons. The maximum Gasteiger partial charge on any atom is 0.289 e. The molecule has 25 heavy (non-hydrogen) atoms. The second-order valence-electron chi connectivity index (χ2n) is 6.31. The van der Waals surface area contributed by atoms with E-state index in [0.717, 1.165) is 30.5 Å². The van der Waals surface area contributed by atoms with E-state index >= 15 is 0 Å². The zero-order chi connectivity index (χ0) is 17.8. The Morgan fingerprint density at radius 3 is 2.68 bits per heavy atom. The topological polar surface area (TPSA) is 82.4 Å². The number of hydrogen-bond acceptors (Lipinski definition) is 5. The summed E-state index contributed by atoms with van der Waals surface area (Å²) >= 11 is 0. The molecule has 2 aromatic rings. The number of rotatable bonds is 5. The van der Waals surface area contributed by atoms with Crippen molar-refractivity contribution in [1.82, 2.24) is 14.9 Å². The fraction of sp³-hybridized carbons (Fsp3) is 0.500. The lowest BCUT2D eigenvalue weighted by Crippen LogP contribution is -2.49. The molecule has 3 rings (SSSR count). The van der Waals surface area contributed by atoms with Crippen LogP contribution in [0.5, 0.6) is 0 Å². The molecular weight excluding hydrogens is 320 g/mol. The van der Waals surface area contributed by atoms with Crippen LogP contribution in [0, 0.1) is 6.92 Å². The quantitative estimate of drug-likeness (QED) is 0.897. The number of aromatic nitrogens is 2. The molecule has 1 aliphatic rings. The Balaban J connectivity index is 1.67. The van der Waals surface area contributed by atoms with Gasteiger partial charge in [0, 0.05) is 37.4 Å². The highest BCUT2D eigenvalue weighted by atomic mass is 16.3. The molecule has 0 aromatic carbocycles. The third-order valence-electron chi connectivity index (χ3n) is 4.59. The largest absolute Gasteiger partial charge is 0.459 e. The lowest BCUT2D eigenvalue weighted by molar-refractivity contribution is 0.0714. The van der Waals surface area contributed by atoms with Gasteiger partial charge in [0.15, 0.2) is 5.76 Å². The molecule has 1 N–H and O–H groups in total. The van der Waals surface area contributed by atoms with Gasteiger partial charge in [-0.1, -0.05) is 13.3 Å². The van der Waals surface area contributed by atoms with E-state index in [1.54, 1.807) is 17.0 Å². The van der Waals surface area contributed by atoms with Crippen molar-refractivity contribution in [2.45, 2.75) is 33.1 Å². The lowest BCUT2D eigenvalue weighted by Gasteiger charge is -2.34. The highest BCUT2D eigenvalue weighted by molar-refractivity contribution is 5.91. The highest BCUT2D eigenvalue weighted by Gasteiger charge is 2.25. The predicted molar refractivity (Wildman–Crippen MR) is 95.0 cm³/mol. The molecule has 2 aromatic heterocycles. The van der Waals surface area contributed by atoms with E-state index < -0.39 is 0 Å². The van der Waals surface area contributed by atoms with Crippen molar-refractivity contribution < 1.29 is 9.21 Å². The van der Waals surface area contributed by atoms with Crippen LogP contribution in [0.2, 0.25) is 0 Å². The fourth-order valence-electron chi connectivity index (χ4n) is 3.07. The number of H-pyrrole nitrogens is 1. The normalized spacial score (nSPS) is 14.8. The van der Waals surface area contributed by atoms with Crippen LogP contribution in [-0.2, 0) is 6.42 Å². The van der Waals surface area contributed by atoms with Crippen molar-refractivity contribution in [3.63, 3.8) is 0 Å². The van der Waals surface area contributed by atoms with Crippen LogP contribution in [0.3, 0.4) is 0 Å². The van der Waals surface area contributed by atoms with Crippen LogP contribution in [-0.4, -0.2) is 47.0 Å². The van der Waals surface area contributed by atoms with Gasteiger partial charge in [0.2, 0.25) is 5.95 Å². The van der Waals surface area contributed by atoms with Crippen LogP contribution >= 0.6 is 0 Å². The Kier molecular flexibility index (Phi) is 5.21. The number of furan rings is 1. The lowest BCUT2D eigenvalue weighted by atomic mass is 10.1. The molecule has 7 nitrogen and oxygen atoms in total. The van der Waals surface area contributed by atoms with Gasteiger partial charge in [-0.3, -0.25) is 14.6 Å². The Bertz CT molecular complexity index is 774. The summed E-state index contributed by atoms with van der Waals surface area (Å²) in [5.41, 5.74) is 1.52. The van der Waals surface area contributed by atoms with Crippen LogP contribution in [0.1, 0.15) is 41.6 Å². The number of unbranched alkanes of at least 4 members (excludes halogenated alkanes) is 1. The van der Waals surface area contributed by atoms with E-state index in [-0.39, 0.29) is 11.5 Å². The van der Waals surface area contributed by atoms with Gasteiger partial charge >= 0.3 is 0 Å². The number of hydrogen-bond donors (Lipinski definition) is 1. The van der Waals surface area contributed by atoms with Crippen LogP contribution in [0.4, 0.5) is 5.95 Å². The second kappa shape index (κ2) is 7.55. The Morgan fingerprint density at radius 1 is 1.32 bits per heavy atom. The van der Waals surface area contributed by atoms with Crippen LogP contribution in [0.25, 0.3) is 0 Å². The van der Waals surface area contributed by atoms with Crippen molar-refractivity contribution in [2.75, 3.05) is 31.1 Å². The van der Waals surface area contributed by atoms with Gasteiger partial charge in [0.25, 0.3) is 11.5 Å². The van der Waals surface area contributed by atoms with Gasteiger partial charge in [0.05, 0.1) is 6.26 Å². The molecule has 0 saturated carbocycles. The maximum atomic E-state index is 12.3. The van der Waals surface area contributed by atoms with E-state index in [2.05, 4.69) is 16.9 Å². The molecule has 0 unspecified atom stereocenters. The second-order valence-corrected chi connectivity index (χ2v) is 6.31. The number of amides is 1. The number of anilines is 1. The van der Waals surface area contributed by atoms with Crippen molar-refractivity contribution in [3.05, 3.63) is 45.8 Å². The number of carbonyl (C=O) groups is 1. The van der Waals surface area contributed by atoms with Crippen LogP contribution in [0.15, 0.2) is 27.6 Å². The number of aryl methyl sites for hydroxylation is 1. The van der Waals surface area contributed by atoms with E-state index in [0.29, 0.717) is 37.9 Å². The molecule has 0 aliphatic carbocycles. The Hall–Kier alpha value is -2.57. The molecule has 1 amide bonds. The molecule has 1 saturated heterocycles. The van der Waals surface area contributed by atoms with Gasteiger partial charge in [-0.05, 0) is 31.9 Å². The summed E-state index contributed by atoms with van der Waals surface area (Å²) in [6.07, 6.45) is 4.29. The summed E-state index contributed by atoms with van der Waals surface area (Å²) in [7, 11) is 0. The van der Waals surface area contributed by atoms with Gasteiger partial charge < -0.3 is 14.2 Å². The third kappa shape index (κ3) is 3.75. The van der Waals surface area contributed by atoms with E-state index in [1.807, 2.05) is 11.8 Å². The summed E-state index contributed by atoms with van der Waals surface area (Å²) in [4.78, 5) is 35.9. The summed E-state index contributed by atoms with van der Waals surface area (Å²) in [6, 6.07) is 3.38. The van der Waals surface area contributed by atoms with Gasteiger partial charge in [-0.25, -0.2) is 4.98 Å². The maximum absolute atomic E-state index is 12.3. The minimum atomic E-state index is -0.0998. The molecule has 0 bridgehead atoms. The van der Waals surface area contributed by atoms with Crippen molar-refractivity contribution >= 4 is 11.9 Å². The molecule has 1 aliphatic heterocycles. The first-order valence-corrected chi connectivity index (χ1v) is 8.77. The Morgan fingerprint density at radius 2 is 2.08 bits per heavy atom. The average molecular weight is 344 g/mol. The van der Waals surface area contributed by atoms with E-state index in [9.17, 15) is 9.59 Å². The molecule has 3 heterocycles. The predicted octanol–water partition coefficient (Wildman–Crippen LogP) is 1.98. The fourth-order valence-corrected chi connectivity index (χ4v) is 3.07. The minimum Gasteiger partial charge on any atom is -0.459 e. The summed E-state index contributed by atoms with van der Waals surface area (Å²) in [5, 5.41) is 0.